The van der Waals surface area contributed by atoms with Gasteiger partial charge in [-0.05, 0) is 31.1 Å². The number of aromatic hydroxyl groups is 1. The summed E-state index contributed by atoms with van der Waals surface area (Å²) in [6.07, 6.45) is 1.81. The van der Waals surface area contributed by atoms with Crippen molar-refractivity contribution in [3.8, 4) is 5.75 Å². The van der Waals surface area contributed by atoms with Crippen LogP contribution in [0.3, 0.4) is 0 Å². The first-order valence-electron chi connectivity index (χ1n) is 7.54. The molecule has 0 aromatic heterocycles. The normalized spacial score (nSPS) is 14.2. The summed E-state index contributed by atoms with van der Waals surface area (Å²) in [5, 5.41) is 11.4. The zero-order chi connectivity index (χ0) is 16.3. The van der Waals surface area contributed by atoms with Gasteiger partial charge in [-0.25, -0.2) is 0 Å². The van der Waals surface area contributed by atoms with Gasteiger partial charge in [0.1, 0.15) is 5.75 Å². The maximum atomic E-state index is 11.3. The summed E-state index contributed by atoms with van der Waals surface area (Å²) in [4.78, 5) is 11.3. The minimum absolute atomic E-state index is 0.181. The molecule has 116 valence electrons. The van der Waals surface area contributed by atoms with Crippen molar-refractivity contribution in [1.82, 2.24) is 0 Å². The van der Waals surface area contributed by atoms with Gasteiger partial charge in [0.15, 0.2) is 6.29 Å². The van der Waals surface area contributed by atoms with Crippen LogP contribution in [-0.2, 0) is 5.16 Å². The standard InChI is InChI=1S/C19H23O2P/c1-5-19(4,16-11-13(2)10-14(3)18(16)21)22-17-9-7-6-8-15(17)12-20/h6-12,21-22H,5H2,1-4H3. The smallest absolute Gasteiger partial charge is 0.150 e. The first-order valence-corrected chi connectivity index (χ1v) is 8.54. The third kappa shape index (κ3) is 3.23. The van der Waals surface area contributed by atoms with Gasteiger partial charge in [-0.1, -0.05) is 64.4 Å². The van der Waals surface area contributed by atoms with E-state index >= 15 is 0 Å². The molecule has 0 fully saturated rings. The van der Waals surface area contributed by atoms with E-state index in [9.17, 15) is 9.90 Å². The lowest BCUT2D eigenvalue weighted by atomic mass is 9.93. The van der Waals surface area contributed by atoms with Crippen LogP contribution in [0.25, 0.3) is 0 Å². The van der Waals surface area contributed by atoms with Crippen molar-refractivity contribution >= 4 is 20.2 Å². The Hall–Kier alpha value is -1.66. The Bertz CT molecular complexity index is 694. The maximum Gasteiger partial charge on any atom is 0.150 e. The van der Waals surface area contributed by atoms with Crippen molar-refractivity contribution in [3.05, 3.63) is 58.7 Å². The van der Waals surface area contributed by atoms with Crippen LogP contribution in [0.15, 0.2) is 36.4 Å². The van der Waals surface area contributed by atoms with Crippen molar-refractivity contribution < 1.29 is 9.90 Å². The molecule has 2 aromatic carbocycles. The molecule has 2 nitrogen and oxygen atoms in total. The number of hydrogen-bond donors (Lipinski definition) is 1. The summed E-state index contributed by atoms with van der Waals surface area (Å²) < 4.78 is 0. The second kappa shape index (κ2) is 6.62. The molecule has 2 rings (SSSR count). The molecule has 0 amide bonds. The second-order valence-corrected chi connectivity index (χ2v) is 7.89. The third-order valence-electron chi connectivity index (χ3n) is 4.24. The maximum absolute atomic E-state index is 11.3. The van der Waals surface area contributed by atoms with Gasteiger partial charge in [-0.2, -0.15) is 0 Å². The van der Waals surface area contributed by atoms with E-state index in [2.05, 4.69) is 26.8 Å². The summed E-state index contributed by atoms with van der Waals surface area (Å²) in [6.45, 7) is 8.29. The highest BCUT2D eigenvalue weighted by Gasteiger charge is 2.29. The molecule has 0 bridgehead atoms. The highest BCUT2D eigenvalue weighted by molar-refractivity contribution is 7.48. The lowest BCUT2D eigenvalue weighted by molar-refractivity contribution is 0.112. The van der Waals surface area contributed by atoms with Crippen molar-refractivity contribution in [2.45, 2.75) is 39.3 Å². The molecule has 0 aliphatic heterocycles. The summed E-state index contributed by atoms with van der Waals surface area (Å²) in [5.74, 6) is 0.381. The Labute approximate surface area is 134 Å². The Morgan fingerprint density at radius 3 is 2.55 bits per heavy atom. The van der Waals surface area contributed by atoms with Gasteiger partial charge < -0.3 is 5.11 Å². The number of aryl methyl sites for hydroxylation is 2. The fourth-order valence-corrected chi connectivity index (χ4v) is 4.30. The number of rotatable bonds is 5. The van der Waals surface area contributed by atoms with Crippen LogP contribution in [0.2, 0.25) is 0 Å². The molecule has 0 saturated heterocycles. The topological polar surface area (TPSA) is 37.3 Å². The number of benzene rings is 2. The van der Waals surface area contributed by atoms with E-state index in [4.69, 9.17) is 0 Å². The third-order valence-corrected chi connectivity index (χ3v) is 6.14. The molecule has 0 aliphatic rings. The highest BCUT2D eigenvalue weighted by atomic mass is 31.1. The minimum Gasteiger partial charge on any atom is -0.507 e. The highest BCUT2D eigenvalue weighted by Crippen LogP contribution is 2.48. The van der Waals surface area contributed by atoms with E-state index in [-0.39, 0.29) is 5.16 Å². The zero-order valence-corrected chi connectivity index (χ0v) is 14.6. The van der Waals surface area contributed by atoms with Crippen LogP contribution in [-0.4, -0.2) is 11.4 Å². The van der Waals surface area contributed by atoms with Gasteiger partial charge >= 0.3 is 0 Å². The molecular weight excluding hydrogens is 291 g/mol. The quantitative estimate of drug-likeness (QED) is 0.654. The van der Waals surface area contributed by atoms with Crippen LogP contribution >= 0.6 is 8.58 Å². The monoisotopic (exact) mass is 314 g/mol. The lowest BCUT2D eigenvalue weighted by Gasteiger charge is -2.31. The van der Waals surface area contributed by atoms with E-state index in [0.717, 1.165) is 40.3 Å². The van der Waals surface area contributed by atoms with Gasteiger partial charge in [0.05, 0.1) is 0 Å². The predicted molar refractivity (Wildman–Crippen MR) is 95.0 cm³/mol. The molecule has 0 spiro atoms. The molecule has 0 aliphatic carbocycles. The average molecular weight is 314 g/mol. The molecule has 0 saturated carbocycles. The molecular formula is C19H23O2P. The molecule has 1 N–H and O–H groups in total. The predicted octanol–water partition coefficient (Wildman–Crippen LogP) is 4.45. The van der Waals surface area contributed by atoms with Gasteiger partial charge in [-0.15, -0.1) is 0 Å². The minimum atomic E-state index is -0.181. The van der Waals surface area contributed by atoms with E-state index in [1.54, 1.807) is 0 Å². The number of carbonyl (C=O) groups excluding carboxylic acids is 1. The van der Waals surface area contributed by atoms with E-state index in [1.807, 2.05) is 37.3 Å². The molecule has 2 aromatic rings. The molecule has 3 heteroatoms. The number of carbonyl (C=O) groups is 1. The van der Waals surface area contributed by atoms with Crippen LogP contribution in [0.4, 0.5) is 0 Å². The van der Waals surface area contributed by atoms with Crippen molar-refractivity contribution in [2.75, 3.05) is 0 Å². The van der Waals surface area contributed by atoms with Crippen LogP contribution in [0.1, 0.15) is 47.3 Å². The molecule has 22 heavy (non-hydrogen) atoms. The van der Waals surface area contributed by atoms with Crippen LogP contribution in [0.5, 0.6) is 5.75 Å². The Balaban J connectivity index is 2.52. The van der Waals surface area contributed by atoms with Gasteiger partial charge in [0.25, 0.3) is 0 Å². The molecule has 2 atom stereocenters. The molecule has 0 heterocycles. The lowest BCUT2D eigenvalue weighted by Crippen LogP contribution is -2.20. The Morgan fingerprint density at radius 1 is 1.23 bits per heavy atom. The number of hydrogen-bond acceptors (Lipinski definition) is 2. The van der Waals surface area contributed by atoms with Gasteiger partial charge in [0.2, 0.25) is 0 Å². The first kappa shape index (κ1) is 16.7. The van der Waals surface area contributed by atoms with Crippen molar-refractivity contribution in [3.63, 3.8) is 0 Å². The largest absolute Gasteiger partial charge is 0.507 e. The van der Waals surface area contributed by atoms with E-state index in [0.29, 0.717) is 14.3 Å². The number of aldehydes is 1. The summed E-state index contributed by atoms with van der Waals surface area (Å²) in [7, 11) is 0.429. The van der Waals surface area contributed by atoms with Gasteiger partial charge in [-0.3, -0.25) is 4.79 Å². The Kier molecular flexibility index (Phi) is 5.03. The Morgan fingerprint density at radius 2 is 1.91 bits per heavy atom. The zero-order valence-electron chi connectivity index (χ0n) is 13.6. The fourth-order valence-electron chi connectivity index (χ4n) is 2.74. The number of phenols is 1. The van der Waals surface area contributed by atoms with Crippen LogP contribution < -0.4 is 5.30 Å². The number of phenolic OH excluding ortho intramolecular Hbond substituents is 1. The SMILES string of the molecule is CCC(C)(Pc1ccccc1C=O)c1cc(C)cc(C)c1O. The van der Waals surface area contributed by atoms with E-state index < -0.39 is 0 Å². The van der Waals surface area contributed by atoms with Crippen molar-refractivity contribution in [2.24, 2.45) is 0 Å². The average Bonchev–Trinajstić information content (AvgIpc) is 2.51. The summed E-state index contributed by atoms with van der Waals surface area (Å²) >= 11 is 0. The summed E-state index contributed by atoms with van der Waals surface area (Å²) in [5.41, 5.74) is 3.78. The van der Waals surface area contributed by atoms with Crippen LogP contribution in [0, 0.1) is 13.8 Å². The molecule has 2 unspecified atom stereocenters. The summed E-state index contributed by atoms with van der Waals surface area (Å²) in [6, 6.07) is 11.8. The molecule has 0 radical (unpaired) electrons. The van der Waals surface area contributed by atoms with Crippen molar-refractivity contribution in [1.29, 1.82) is 0 Å². The first-order chi connectivity index (χ1) is 10.4. The van der Waals surface area contributed by atoms with Gasteiger partial charge in [0, 0.05) is 16.3 Å². The van der Waals surface area contributed by atoms with E-state index in [1.165, 1.54) is 0 Å². The second-order valence-electron chi connectivity index (χ2n) is 5.99. The fraction of sp³-hybridized carbons (Fsp3) is 0.316.